The van der Waals surface area contributed by atoms with Gasteiger partial charge in [-0.15, -0.1) is 11.3 Å². The minimum absolute atomic E-state index is 0.0640. The van der Waals surface area contributed by atoms with Crippen LogP contribution in [-0.4, -0.2) is 23.9 Å². The molecule has 0 radical (unpaired) electrons. The molecular formula is C17H24N2OS. The van der Waals surface area contributed by atoms with Gasteiger partial charge in [-0.2, -0.15) is 0 Å². The number of rotatable bonds is 5. The predicted molar refractivity (Wildman–Crippen MR) is 92.0 cm³/mol. The average Bonchev–Trinajstić information content (AvgIpc) is 2.80. The van der Waals surface area contributed by atoms with Crippen LogP contribution < -0.4 is 5.73 Å². The highest BCUT2D eigenvalue weighted by Gasteiger charge is 2.22. The molecule has 0 aliphatic rings. The van der Waals surface area contributed by atoms with Crippen molar-refractivity contribution in [1.29, 1.82) is 0 Å². The van der Waals surface area contributed by atoms with E-state index in [2.05, 4.69) is 26.8 Å². The molecule has 2 rings (SSSR count). The number of aryl methyl sites for hydroxylation is 1. The van der Waals surface area contributed by atoms with Crippen LogP contribution in [0, 0.1) is 12.8 Å². The number of fused-ring (bicyclic) bond motifs is 1. The Hall–Kier alpha value is -1.55. The molecule has 0 saturated heterocycles. The summed E-state index contributed by atoms with van der Waals surface area (Å²) in [7, 11) is 0. The zero-order valence-corrected chi connectivity index (χ0v) is 14.1. The Morgan fingerprint density at radius 2 is 2.10 bits per heavy atom. The van der Waals surface area contributed by atoms with Crippen molar-refractivity contribution in [3.8, 4) is 0 Å². The van der Waals surface area contributed by atoms with E-state index in [0.717, 1.165) is 29.6 Å². The van der Waals surface area contributed by atoms with Gasteiger partial charge in [-0.05, 0) is 31.4 Å². The third-order valence-electron chi connectivity index (χ3n) is 3.98. The summed E-state index contributed by atoms with van der Waals surface area (Å²) in [5, 5.41) is 0.994. The molecule has 0 bridgehead atoms. The molecule has 1 unspecified atom stereocenters. The molecule has 0 fully saturated rings. The third kappa shape index (κ3) is 3.21. The van der Waals surface area contributed by atoms with E-state index < -0.39 is 0 Å². The molecule has 21 heavy (non-hydrogen) atoms. The van der Waals surface area contributed by atoms with Crippen molar-refractivity contribution < 1.29 is 4.79 Å². The van der Waals surface area contributed by atoms with Crippen molar-refractivity contribution in [3.05, 3.63) is 28.6 Å². The summed E-state index contributed by atoms with van der Waals surface area (Å²) in [5.41, 5.74) is 8.03. The third-order valence-corrected chi connectivity index (χ3v) is 5.13. The molecule has 3 nitrogen and oxygen atoms in total. The van der Waals surface area contributed by atoms with Crippen LogP contribution in [0.2, 0.25) is 0 Å². The number of carbonyl (C=O) groups excluding carboxylic acids is 1. The number of hydrogen-bond acceptors (Lipinski definition) is 3. The van der Waals surface area contributed by atoms with Crippen LogP contribution in [0.4, 0.5) is 5.69 Å². The van der Waals surface area contributed by atoms with Crippen molar-refractivity contribution in [2.45, 2.75) is 34.1 Å². The highest BCUT2D eigenvalue weighted by Crippen LogP contribution is 2.35. The number of amides is 1. The minimum atomic E-state index is 0.0640. The van der Waals surface area contributed by atoms with Crippen LogP contribution in [0.15, 0.2) is 18.2 Å². The van der Waals surface area contributed by atoms with Gasteiger partial charge in [-0.1, -0.05) is 32.4 Å². The van der Waals surface area contributed by atoms with Crippen LogP contribution in [-0.2, 0) is 0 Å². The Balaban J connectivity index is 2.35. The summed E-state index contributed by atoms with van der Waals surface area (Å²) in [6, 6.07) is 6.15. The number of nitrogen functional groups attached to an aromatic ring is 1. The smallest absolute Gasteiger partial charge is 0.266 e. The number of nitrogens with zero attached hydrogens (tertiary/aromatic N) is 1. The van der Waals surface area contributed by atoms with Crippen LogP contribution in [0.5, 0.6) is 0 Å². The molecule has 2 N–H and O–H groups in total. The van der Waals surface area contributed by atoms with E-state index >= 15 is 0 Å². The van der Waals surface area contributed by atoms with Crippen LogP contribution in [0.3, 0.4) is 0 Å². The second-order valence-corrected chi connectivity index (χ2v) is 6.75. The van der Waals surface area contributed by atoms with Gasteiger partial charge in [-0.25, -0.2) is 0 Å². The number of hydrogen-bond donors (Lipinski definition) is 1. The molecule has 1 aromatic carbocycles. The van der Waals surface area contributed by atoms with Crippen molar-refractivity contribution >= 4 is 33.0 Å². The molecular weight excluding hydrogens is 280 g/mol. The van der Waals surface area contributed by atoms with E-state index in [1.165, 1.54) is 16.9 Å². The second kappa shape index (κ2) is 6.48. The zero-order valence-electron chi connectivity index (χ0n) is 13.3. The highest BCUT2D eigenvalue weighted by molar-refractivity contribution is 7.21. The summed E-state index contributed by atoms with van der Waals surface area (Å²) in [5.74, 6) is 0.570. The van der Waals surface area contributed by atoms with Gasteiger partial charge >= 0.3 is 0 Å². The largest absolute Gasteiger partial charge is 0.397 e. The summed E-state index contributed by atoms with van der Waals surface area (Å²) in [6.45, 7) is 9.91. The fourth-order valence-corrected chi connectivity index (χ4v) is 3.58. The molecule has 1 aromatic heterocycles. The first kappa shape index (κ1) is 15.8. The summed E-state index contributed by atoms with van der Waals surface area (Å²) >= 11 is 1.51. The normalized spacial score (nSPS) is 12.6. The lowest BCUT2D eigenvalue weighted by molar-refractivity contribution is 0.0747. The molecule has 1 heterocycles. The molecule has 1 amide bonds. The summed E-state index contributed by atoms with van der Waals surface area (Å²) in [4.78, 5) is 15.3. The Kier molecular flexibility index (Phi) is 4.88. The molecule has 0 spiro atoms. The minimum Gasteiger partial charge on any atom is -0.397 e. The van der Waals surface area contributed by atoms with E-state index in [1.54, 1.807) is 0 Å². The van der Waals surface area contributed by atoms with Gasteiger partial charge in [0.15, 0.2) is 0 Å². The number of carbonyl (C=O) groups is 1. The van der Waals surface area contributed by atoms with Crippen molar-refractivity contribution in [2.75, 3.05) is 18.8 Å². The summed E-state index contributed by atoms with van der Waals surface area (Å²) < 4.78 is 1.09. The van der Waals surface area contributed by atoms with Crippen LogP contribution in [0.1, 0.15) is 42.4 Å². The number of benzene rings is 1. The van der Waals surface area contributed by atoms with E-state index in [-0.39, 0.29) is 5.91 Å². The van der Waals surface area contributed by atoms with Crippen molar-refractivity contribution in [2.24, 2.45) is 5.92 Å². The van der Waals surface area contributed by atoms with Gasteiger partial charge in [0.05, 0.1) is 5.69 Å². The maximum absolute atomic E-state index is 12.8. The standard InChI is InChI=1S/C17H24N2OS/c1-5-11(3)10-19(6-2)17(20)16-15(18)13-8-7-12(4)9-14(13)21-16/h7-9,11H,5-6,10,18H2,1-4H3. The van der Waals surface area contributed by atoms with Gasteiger partial charge in [0.2, 0.25) is 0 Å². The SMILES string of the molecule is CCC(C)CN(CC)C(=O)c1sc2cc(C)ccc2c1N. The van der Waals surface area contributed by atoms with Crippen LogP contribution >= 0.6 is 11.3 Å². The quantitative estimate of drug-likeness (QED) is 0.895. The Labute approximate surface area is 130 Å². The second-order valence-electron chi connectivity index (χ2n) is 5.70. The highest BCUT2D eigenvalue weighted by atomic mass is 32.1. The van der Waals surface area contributed by atoms with Crippen LogP contribution in [0.25, 0.3) is 10.1 Å². The maximum Gasteiger partial charge on any atom is 0.266 e. The monoisotopic (exact) mass is 304 g/mol. The van der Waals surface area contributed by atoms with Gasteiger partial charge in [0.1, 0.15) is 4.88 Å². The van der Waals surface area contributed by atoms with E-state index in [9.17, 15) is 4.79 Å². The lowest BCUT2D eigenvalue weighted by Gasteiger charge is -2.23. The number of thiophene rings is 1. The van der Waals surface area contributed by atoms with E-state index in [0.29, 0.717) is 16.5 Å². The molecule has 0 aliphatic heterocycles. The van der Waals surface area contributed by atoms with E-state index in [4.69, 9.17) is 5.73 Å². The molecule has 1 atom stereocenters. The van der Waals surface area contributed by atoms with Gasteiger partial charge in [0, 0.05) is 23.2 Å². The molecule has 2 aromatic rings. The average molecular weight is 304 g/mol. The first-order valence-electron chi connectivity index (χ1n) is 7.55. The fourth-order valence-electron chi connectivity index (χ4n) is 2.39. The Morgan fingerprint density at radius 1 is 1.38 bits per heavy atom. The Bertz CT molecular complexity index is 648. The predicted octanol–water partition coefficient (Wildman–Crippen LogP) is 4.30. The van der Waals surface area contributed by atoms with Gasteiger partial charge in [0.25, 0.3) is 5.91 Å². The first-order valence-corrected chi connectivity index (χ1v) is 8.37. The number of anilines is 1. The maximum atomic E-state index is 12.8. The molecule has 4 heteroatoms. The first-order chi connectivity index (χ1) is 9.97. The summed E-state index contributed by atoms with van der Waals surface area (Å²) in [6.07, 6.45) is 1.07. The zero-order chi connectivity index (χ0) is 15.6. The molecule has 0 aliphatic carbocycles. The van der Waals surface area contributed by atoms with Crippen molar-refractivity contribution in [1.82, 2.24) is 4.90 Å². The topological polar surface area (TPSA) is 46.3 Å². The Morgan fingerprint density at radius 3 is 2.71 bits per heavy atom. The number of nitrogens with two attached hydrogens (primary N) is 1. The lowest BCUT2D eigenvalue weighted by atomic mass is 10.1. The van der Waals surface area contributed by atoms with Gasteiger partial charge < -0.3 is 10.6 Å². The molecule has 0 saturated carbocycles. The van der Waals surface area contributed by atoms with Gasteiger partial charge in [-0.3, -0.25) is 4.79 Å². The van der Waals surface area contributed by atoms with E-state index in [1.807, 2.05) is 24.0 Å². The lowest BCUT2D eigenvalue weighted by Crippen LogP contribution is -2.34. The molecule has 114 valence electrons. The fraction of sp³-hybridized carbons (Fsp3) is 0.471. The van der Waals surface area contributed by atoms with Crippen molar-refractivity contribution in [3.63, 3.8) is 0 Å².